The largest absolute Gasteiger partial charge is 0.456 e. The minimum absolute atomic E-state index is 0.0572. The molecule has 1 aliphatic rings. The molecule has 2 aromatic heterocycles. The van der Waals surface area contributed by atoms with Gasteiger partial charge in [0.2, 0.25) is 0 Å². The molecule has 128 valence electrons. The molecule has 0 bridgehead atoms. The van der Waals surface area contributed by atoms with Crippen molar-refractivity contribution >= 4 is 33.9 Å². The van der Waals surface area contributed by atoms with Crippen molar-refractivity contribution in [1.29, 1.82) is 0 Å². The van der Waals surface area contributed by atoms with Crippen molar-refractivity contribution in [2.24, 2.45) is 0 Å². The smallest absolute Gasteiger partial charge is 0.340 e. The third kappa shape index (κ3) is 3.07. The van der Waals surface area contributed by atoms with Gasteiger partial charge in [-0.05, 0) is 37.8 Å². The normalized spacial score (nSPS) is 13.6. The van der Waals surface area contributed by atoms with E-state index in [1.165, 1.54) is 10.9 Å². The van der Waals surface area contributed by atoms with Gasteiger partial charge in [0, 0.05) is 16.6 Å². The topological polar surface area (TPSA) is 60.7 Å². The second-order valence-electron chi connectivity index (χ2n) is 5.94. The van der Waals surface area contributed by atoms with Crippen LogP contribution < -0.4 is 5.56 Å². The molecule has 5 nitrogen and oxygen atoms in total. The standard InChI is InChI=1S/C18H15ClN2O3S/c19-13-6-2-1-5-12(13)17(23)24-10-11-9-16(22)21-14-7-3-4-8-15(14)25-18(21)20-11/h1-2,5-6,9H,3-4,7-8,10H2. The van der Waals surface area contributed by atoms with Crippen LogP contribution in [-0.4, -0.2) is 15.4 Å². The molecule has 0 radical (unpaired) electrons. The summed E-state index contributed by atoms with van der Waals surface area (Å²) in [6.07, 6.45) is 4.16. The summed E-state index contributed by atoms with van der Waals surface area (Å²) >= 11 is 7.55. The summed E-state index contributed by atoms with van der Waals surface area (Å²) in [5, 5.41) is 0.335. The first-order valence-corrected chi connectivity index (χ1v) is 9.28. The van der Waals surface area contributed by atoms with Crippen LogP contribution in [0, 0.1) is 0 Å². The Morgan fingerprint density at radius 3 is 2.92 bits per heavy atom. The molecular weight excluding hydrogens is 360 g/mol. The number of ether oxygens (including phenoxy) is 1. The number of carbonyl (C=O) groups excluding carboxylic acids is 1. The quantitative estimate of drug-likeness (QED) is 0.656. The van der Waals surface area contributed by atoms with Gasteiger partial charge in [0.15, 0.2) is 4.96 Å². The van der Waals surface area contributed by atoms with Crippen molar-refractivity contribution in [3.05, 3.63) is 67.5 Å². The zero-order chi connectivity index (χ0) is 17.4. The van der Waals surface area contributed by atoms with Gasteiger partial charge >= 0.3 is 5.97 Å². The predicted octanol–water partition coefficient (Wildman–Crippen LogP) is 3.65. The van der Waals surface area contributed by atoms with Crippen LogP contribution in [-0.2, 0) is 24.2 Å². The monoisotopic (exact) mass is 374 g/mol. The lowest BCUT2D eigenvalue weighted by molar-refractivity contribution is 0.0468. The number of benzene rings is 1. The molecule has 7 heteroatoms. The Bertz CT molecular complexity index is 1020. The Morgan fingerprint density at radius 2 is 2.08 bits per heavy atom. The van der Waals surface area contributed by atoms with E-state index in [2.05, 4.69) is 4.98 Å². The van der Waals surface area contributed by atoms with E-state index >= 15 is 0 Å². The van der Waals surface area contributed by atoms with Gasteiger partial charge in [0.05, 0.1) is 16.3 Å². The molecule has 0 spiro atoms. The van der Waals surface area contributed by atoms with Crippen molar-refractivity contribution in [3.63, 3.8) is 0 Å². The fraction of sp³-hybridized carbons (Fsp3) is 0.278. The first-order chi connectivity index (χ1) is 12.1. The Hall–Kier alpha value is -2.18. The average Bonchev–Trinajstić information content (AvgIpc) is 2.99. The molecule has 3 aromatic rings. The van der Waals surface area contributed by atoms with Crippen LogP contribution in [0.5, 0.6) is 0 Å². The highest BCUT2D eigenvalue weighted by Crippen LogP contribution is 2.28. The molecule has 0 fully saturated rings. The first-order valence-electron chi connectivity index (χ1n) is 8.08. The average molecular weight is 375 g/mol. The second-order valence-corrected chi connectivity index (χ2v) is 7.41. The SMILES string of the molecule is O=C(OCc1cc(=O)n2c3c(sc2n1)CCCC3)c1ccccc1Cl. The lowest BCUT2D eigenvalue weighted by Gasteiger charge is -2.10. The lowest BCUT2D eigenvalue weighted by Crippen LogP contribution is -2.18. The highest BCUT2D eigenvalue weighted by Gasteiger charge is 2.19. The Kier molecular flexibility index (Phi) is 4.31. The molecule has 4 rings (SSSR count). The van der Waals surface area contributed by atoms with Gasteiger partial charge < -0.3 is 4.74 Å². The summed E-state index contributed by atoms with van der Waals surface area (Å²) in [5.41, 5.74) is 1.72. The molecule has 0 unspecified atom stereocenters. The number of nitrogens with zero attached hydrogens (tertiary/aromatic N) is 2. The first kappa shape index (κ1) is 16.3. The number of thiazole rings is 1. The maximum absolute atomic E-state index is 12.5. The van der Waals surface area contributed by atoms with Crippen molar-refractivity contribution in [1.82, 2.24) is 9.38 Å². The van der Waals surface area contributed by atoms with E-state index in [0.717, 1.165) is 31.4 Å². The van der Waals surface area contributed by atoms with E-state index in [0.29, 0.717) is 21.2 Å². The number of carbonyl (C=O) groups is 1. The number of hydrogen-bond donors (Lipinski definition) is 0. The van der Waals surface area contributed by atoms with Gasteiger partial charge in [-0.1, -0.05) is 23.7 Å². The molecule has 2 heterocycles. The van der Waals surface area contributed by atoms with E-state index in [1.54, 1.807) is 40.0 Å². The number of halogens is 1. The van der Waals surface area contributed by atoms with E-state index < -0.39 is 5.97 Å². The highest BCUT2D eigenvalue weighted by molar-refractivity contribution is 7.17. The number of rotatable bonds is 3. The fourth-order valence-corrected chi connectivity index (χ4v) is 4.50. The minimum atomic E-state index is -0.530. The van der Waals surface area contributed by atoms with Crippen molar-refractivity contribution in [3.8, 4) is 0 Å². The zero-order valence-corrected chi connectivity index (χ0v) is 14.9. The van der Waals surface area contributed by atoms with Gasteiger partial charge in [0.1, 0.15) is 6.61 Å². The molecular formula is C18H15ClN2O3S. The van der Waals surface area contributed by atoms with E-state index in [4.69, 9.17) is 16.3 Å². The van der Waals surface area contributed by atoms with E-state index in [-0.39, 0.29) is 12.2 Å². The number of aryl methyl sites for hydroxylation is 2. The third-order valence-corrected chi connectivity index (χ3v) is 5.73. The van der Waals surface area contributed by atoms with Gasteiger partial charge in [-0.15, -0.1) is 11.3 Å². The van der Waals surface area contributed by atoms with E-state index in [1.807, 2.05) is 0 Å². The van der Waals surface area contributed by atoms with Crippen LogP contribution in [0.1, 0.15) is 39.5 Å². The van der Waals surface area contributed by atoms with Crippen LogP contribution in [0.3, 0.4) is 0 Å². The second kappa shape index (κ2) is 6.61. The maximum atomic E-state index is 12.5. The molecule has 0 saturated carbocycles. The molecule has 1 aromatic carbocycles. The van der Waals surface area contributed by atoms with Crippen molar-refractivity contribution in [2.45, 2.75) is 32.3 Å². The van der Waals surface area contributed by atoms with Crippen molar-refractivity contribution in [2.75, 3.05) is 0 Å². The van der Waals surface area contributed by atoms with E-state index in [9.17, 15) is 9.59 Å². The summed E-state index contributed by atoms with van der Waals surface area (Å²) < 4.78 is 6.96. The number of hydrogen-bond acceptors (Lipinski definition) is 5. The maximum Gasteiger partial charge on any atom is 0.340 e. The summed E-state index contributed by atoms with van der Waals surface area (Å²) in [6, 6.07) is 8.13. The number of esters is 1. The number of aromatic nitrogens is 2. The molecule has 1 aliphatic carbocycles. The highest BCUT2D eigenvalue weighted by atomic mass is 35.5. The van der Waals surface area contributed by atoms with Crippen LogP contribution in [0.15, 0.2) is 35.1 Å². The summed E-state index contributed by atoms with van der Waals surface area (Å²) in [7, 11) is 0. The molecule has 0 atom stereocenters. The molecule has 0 saturated heterocycles. The minimum Gasteiger partial charge on any atom is -0.456 e. The predicted molar refractivity (Wildman–Crippen MR) is 96.6 cm³/mol. The molecule has 25 heavy (non-hydrogen) atoms. The van der Waals surface area contributed by atoms with Crippen LogP contribution in [0.4, 0.5) is 0 Å². The Morgan fingerprint density at radius 1 is 1.28 bits per heavy atom. The molecule has 0 N–H and O–H groups in total. The lowest BCUT2D eigenvalue weighted by atomic mass is 10.0. The summed E-state index contributed by atoms with van der Waals surface area (Å²) in [4.78, 5) is 31.0. The van der Waals surface area contributed by atoms with Gasteiger partial charge in [-0.25, -0.2) is 9.78 Å². The zero-order valence-electron chi connectivity index (χ0n) is 13.3. The van der Waals surface area contributed by atoms with Gasteiger partial charge in [0.25, 0.3) is 5.56 Å². The fourth-order valence-electron chi connectivity index (χ4n) is 3.06. The molecule has 0 amide bonds. The summed E-state index contributed by atoms with van der Waals surface area (Å²) in [5.74, 6) is -0.530. The van der Waals surface area contributed by atoms with Crippen LogP contribution in [0.2, 0.25) is 5.02 Å². The Balaban J connectivity index is 1.59. The van der Waals surface area contributed by atoms with Crippen LogP contribution >= 0.6 is 22.9 Å². The number of fused-ring (bicyclic) bond motifs is 3. The van der Waals surface area contributed by atoms with Gasteiger partial charge in [-0.2, -0.15) is 0 Å². The third-order valence-electron chi connectivity index (χ3n) is 4.26. The Labute approximate surface area is 152 Å². The van der Waals surface area contributed by atoms with Gasteiger partial charge in [-0.3, -0.25) is 9.20 Å². The van der Waals surface area contributed by atoms with Crippen molar-refractivity contribution < 1.29 is 9.53 Å². The van der Waals surface area contributed by atoms with Crippen LogP contribution in [0.25, 0.3) is 4.96 Å². The summed E-state index contributed by atoms with van der Waals surface area (Å²) in [6.45, 7) is -0.0572. The molecule has 0 aliphatic heterocycles.